The summed E-state index contributed by atoms with van der Waals surface area (Å²) in [7, 11) is -16.5. The van der Waals surface area contributed by atoms with E-state index in [0.29, 0.717) is 12.0 Å². The molecule has 11 N–H and O–H groups in total. The van der Waals surface area contributed by atoms with Crippen molar-refractivity contribution in [2.75, 3.05) is 37.8 Å². The van der Waals surface area contributed by atoms with Crippen LogP contribution in [-0.4, -0.2) is 140 Å². The van der Waals surface area contributed by atoms with Crippen LogP contribution in [0.25, 0.3) is 11.2 Å². The molecule has 63 heavy (non-hydrogen) atoms. The summed E-state index contributed by atoms with van der Waals surface area (Å²) in [5, 5.41) is 34.9. The Morgan fingerprint density at radius 3 is 2.40 bits per heavy atom. The number of nitrogens with one attached hydrogen (secondary N) is 2. The quantitative estimate of drug-likeness (QED) is 0.0392. The van der Waals surface area contributed by atoms with E-state index >= 15 is 0 Å². The average Bonchev–Trinajstić information content (AvgIpc) is 3.74. The number of hydrogen-bond acceptors (Lipinski definition) is 20. The fourth-order valence-corrected chi connectivity index (χ4v) is 9.88. The van der Waals surface area contributed by atoms with Crippen LogP contribution in [0.5, 0.6) is 0 Å². The highest BCUT2D eigenvalue weighted by molar-refractivity contribution is 8.14. The Hall–Kier alpha value is -3.56. The minimum Gasteiger partial charge on any atom is -0.481 e. The molecule has 1 aliphatic carbocycles. The van der Waals surface area contributed by atoms with Crippen molar-refractivity contribution >= 4 is 80.9 Å². The summed E-state index contributed by atoms with van der Waals surface area (Å²) in [6.07, 6.45) is -6.68. The van der Waals surface area contributed by atoms with Gasteiger partial charge in [0, 0.05) is 43.5 Å². The van der Waals surface area contributed by atoms with Crippen LogP contribution in [0.3, 0.4) is 0 Å². The Morgan fingerprint density at radius 2 is 1.73 bits per heavy atom. The number of phosphoric ester groups is 3. The average molecular weight is 976 g/mol. The number of nitrogens with two attached hydrogens (primary N) is 1. The fourth-order valence-electron chi connectivity index (χ4n) is 6.28. The second-order valence-corrected chi connectivity index (χ2v) is 20.2. The Kier molecular flexibility index (Phi) is 17.9. The molecule has 27 nitrogen and oxygen atoms in total. The van der Waals surface area contributed by atoms with E-state index in [4.69, 9.17) is 24.6 Å². The number of carboxylic acid groups (broad SMARTS) is 1. The molecule has 0 bridgehead atoms. The molecule has 2 aliphatic rings. The number of thioether (sulfide) groups is 1. The van der Waals surface area contributed by atoms with Gasteiger partial charge in [-0.2, -0.15) is 4.31 Å². The molecule has 8 atom stereocenters. The van der Waals surface area contributed by atoms with Gasteiger partial charge in [0.05, 0.1) is 25.1 Å². The van der Waals surface area contributed by atoms with Crippen LogP contribution in [0.4, 0.5) is 5.82 Å². The van der Waals surface area contributed by atoms with Crippen molar-refractivity contribution < 1.29 is 95.2 Å². The number of carbonyl (C=O) groups is 5. The number of imidazole rings is 1. The van der Waals surface area contributed by atoms with Crippen molar-refractivity contribution in [1.82, 2.24) is 30.2 Å². The van der Waals surface area contributed by atoms with Gasteiger partial charge in [-0.3, -0.25) is 42.1 Å². The minimum absolute atomic E-state index is 0.00153. The highest BCUT2D eigenvalue weighted by Gasteiger charge is 2.50. The number of Topliss-reactive ketones (excluding diaryl/α,β-unsaturated/α-hetero) is 1. The third-order valence-electron chi connectivity index (χ3n) is 9.55. The van der Waals surface area contributed by atoms with Crippen molar-refractivity contribution in [2.24, 2.45) is 11.3 Å². The van der Waals surface area contributed by atoms with Crippen molar-refractivity contribution in [1.29, 1.82) is 0 Å². The van der Waals surface area contributed by atoms with Gasteiger partial charge in [-0.1, -0.05) is 38.1 Å². The zero-order valence-corrected chi connectivity index (χ0v) is 37.2. The monoisotopic (exact) mass is 975 g/mol. The van der Waals surface area contributed by atoms with Crippen LogP contribution in [0.15, 0.2) is 23.8 Å². The summed E-state index contributed by atoms with van der Waals surface area (Å²) < 4.78 is 62.2. The number of rotatable bonds is 23. The topological polar surface area (TPSA) is 418 Å². The van der Waals surface area contributed by atoms with Crippen LogP contribution < -0.4 is 16.4 Å². The lowest BCUT2D eigenvalue weighted by atomic mass is 9.81. The lowest BCUT2D eigenvalue weighted by Crippen LogP contribution is -2.46. The van der Waals surface area contributed by atoms with Gasteiger partial charge in [0.25, 0.3) is 0 Å². The largest absolute Gasteiger partial charge is 0.481 e. The predicted octanol–water partition coefficient (Wildman–Crippen LogP) is -0.175. The molecule has 3 heterocycles. The van der Waals surface area contributed by atoms with E-state index in [1.807, 2.05) is 6.92 Å². The number of fused-ring (bicyclic) bond motifs is 1. The number of aromatic nitrogens is 4. The zero-order chi connectivity index (χ0) is 47.1. The first-order valence-electron chi connectivity index (χ1n) is 18.8. The maximum atomic E-state index is 12.8. The van der Waals surface area contributed by atoms with Gasteiger partial charge < -0.3 is 56.0 Å². The molecule has 0 saturated carbocycles. The first-order valence-corrected chi connectivity index (χ1v) is 24.3. The molecule has 352 valence electrons. The molecule has 31 heteroatoms. The number of ketones is 1. The molecule has 4 rings (SSSR count). The van der Waals surface area contributed by atoms with E-state index in [-0.39, 0.29) is 78.8 Å². The van der Waals surface area contributed by atoms with Crippen molar-refractivity contribution in [3.63, 3.8) is 0 Å². The number of aliphatic hydroxyl groups excluding tert-OH is 2. The van der Waals surface area contributed by atoms with E-state index in [0.717, 1.165) is 29.0 Å². The SMILES string of the molecule is C[C@@H]1CCC(=O)C(C(=O)SCCNC(=O)CCNC(=O)[C@H](O)C(C)(C)COP(=O)(O)OP(=O)(O)OC[C@H]2O[C@@H](n3cnc4c(N)ncnc43)[C@H](O)[C@@H]2OP(=O)(O)O)=C1CCC(=O)O. The summed E-state index contributed by atoms with van der Waals surface area (Å²) in [5.41, 5.74) is 4.68. The first kappa shape index (κ1) is 52.1. The number of anilines is 1. The maximum absolute atomic E-state index is 12.8. The molecule has 1 saturated heterocycles. The Bertz CT molecular complexity index is 2220. The summed E-state index contributed by atoms with van der Waals surface area (Å²) in [6.45, 7) is 1.89. The number of phosphoric acid groups is 3. The van der Waals surface area contributed by atoms with E-state index < -0.39 is 95.6 Å². The highest BCUT2D eigenvalue weighted by atomic mass is 32.2. The van der Waals surface area contributed by atoms with Crippen LogP contribution >= 0.6 is 35.2 Å². The molecule has 1 fully saturated rings. The van der Waals surface area contributed by atoms with Gasteiger partial charge in [0.1, 0.15) is 36.3 Å². The second-order valence-electron chi connectivity index (χ2n) is 14.9. The molecular weight excluding hydrogens is 927 g/mol. The molecule has 2 aromatic heterocycles. The fraction of sp³-hybridized carbons (Fsp3) is 0.625. The van der Waals surface area contributed by atoms with E-state index in [9.17, 15) is 67.5 Å². The molecule has 2 unspecified atom stereocenters. The normalized spacial score (nSPS) is 23.3. The molecule has 2 aromatic rings. The van der Waals surface area contributed by atoms with E-state index in [1.165, 1.54) is 13.8 Å². The predicted molar refractivity (Wildman–Crippen MR) is 214 cm³/mol. The Labute approximate surface area is 361 Å². The summed E-state index contributed by atoms with van der Waals surface area (Å²) in [5.74, 6) is -3.10. The molecule has 1 aliphatic heterocycles. The second kappa shape index (κ2) is 21.6. The summed E-state index contributed by atoms with van der Waals surface area (Å²) in [6, 6.07) is 0. The van der Waals surface area contributed by atoms with E-state index in [1.54, 1.807) is 0 Å². The molecule has 0 spiro atoms. The maximum Gasteiger partial charge on any atom is 0.481 e. The summed E-state index contributed by atoms with van der Waals surface area (Å²) >= 11 is 0.794. The number of aliphatic carboxylic acids is 1. The lowest BCUT2D eigenvalue weighted by Gasteiger charge is -2.30. The summed E-state index contributed by atoms with van der Waals surface area (Å²) in [4.78, 5) is 112. The van der Waals surface area contributed by atoms with Crippen LogP contribution in [0.1, 0.15) is 59.1 Å². The number of hydrogen-bond donors (Lipinski definition) is 10. The van der Waals surface area contributed by atoms with Gasteiger partial charge in [0.2, 0.25) is 16.9 Å². The molecule has 0 aromatic carbocycles. The van der Waals surface area contributed by atoms with E-state index in [2.05, 4.69) is 34.4 Å². The number of ether oxygens (including phenoxy) is 1. The van der Waals surface area contributed by atoms with Gasteiger partial charge in [-0.25, -0.2) is 28.6 Å². The molecule has 0 radical (unpaired) electrons. The number of carboxylic acids is 1. The number of amides is 2. The standard InChI is InChI=1S/C32H48N7O20P3S/c1-16-4-6-18(40)22(17(16)5-7-21(42)43)31(47)63-11-10-34-20(41)8-9-35-29(46)26(45)32(2,3)13-56-62(53,54)59-61(51,52)55-12-19-25(58-60(48,49)50)24(44)30(57-19)39-15-38-23-27(33)36-14-37-28(23)39/h14-16,19,24-26,30,44-45H,4-13H2,1-3H3,(H,34,41)(H,35,46)(H,42,43)(H,51,52)(H,53,54)(H2,33,36,37)(H2,48,49,50)/t16-,19-,24-,25-,26+,30-/m1/s1. The number of nitrogens with zero attached hydrogens (tertiary/aromatic N) is 4. The lowest BCUT2D eigenvalue weighted by molar-refractivity contribution is -0.137. The third kappa shape index (κ3) is 14.7. The van der Waals surface area contributed by atoms with Gasteiger partial charge in [-0.05, 0) is 18.8 Å². The third-order valence-corrected chi connectivity index (χ3v) is 13.5. The van der Waals surface area contributed by atoms with Crippen LogP contribution in [0, 0.1) is 11.3 Å². The Balaban J connectivity index is 1.22. The zero-order valence-electron chi connectivity index (χ0n) is 33.7. The minimum atomic E-state index is -5.61. The van der Waals surface area contributed by atoms with Crippen LogP contribution in [0.2, 0.25) is 0 Å². The van der Waals surface area contributed by atoms with Crippen molar-refractivity contribution in [3.05, 3.63) is 23.8 Å². The number of aliphatic hydroxyl groups is 2. The van der Waals surface area contributed by atoms with Gasteiger partial charge >= 0.3 is 29.4 Å². The number of carbonyl (C=O) groups excluding carboxylic acids is 4. The number of allylic oxidation sites excluding steroid dienone is 1. The van der Waals surface area contributed by atoms with Crippen LogP contribution in [-0.2, 0) is 60.3 Å². The van der Waals surface area contributed by atoms with Gasteiger partial charge in [-0.15, -0.1) is 0 Å². The smallest absolute Gasteiger partial charge is 0.481 e. The molecular formula is C32H48N7O20P3S. The van der Waals surface area contributed by atoms with Crippen molar-refractivity contribution in [2.45, 2.75) is 83.5 Å². The highest BCUT2D eigenvalue weighted by Crippen LogP contribution is 2.61. The first-order chi connectivity index (χ1) is 29.2. The van der Waals surface area contributed by atoms with Gasteiger partial charge in [0.15, 0.2) is 23.5 Å². The van der Waals surface area contributed by atoms with Crippen molar-refractivity contribution in [3.8, 4) is 0 Å². The Morgan fingerprint density at radius 1 is 1.05 bits per heavy atom. The molecule has 2 amide bonds. The number of nitrogen functional groups attached to an aromatic ring is 1.